The van der Waals surface area contributed by atoms with E-state index in [2.05, 4.69) is 16.9 Å². The third kappa shape index (κ3) is 3.04. The van der Waals surface area contributed by atoms with Gasteiger partial charge in [-0.15, -0.1) is 17.9 Å². The van der Waals surface area contributed by atoms with Gasteiger partial charge in [0.25, 0.3) is 0 Å². The maximum Gasteiger partial charge on any atom is 0.226 e. The van der Waals surface area contributed by atoms with Crippen LogP contribution in [0, 0.1) is 0 Å². The Morgan fingerprint density at radius 3 is 3.24 bits per heavy atom. The fourth-order valence-corrected chi connectivity index (χ4v) is 2.10. The second-order valence-electron chi connectivity index (χ2n) is 3.39. The molecule has 2 rings (SSSR count). The number of rotatable bonds is 5. The molecule has 4 nitrogen and oxygen atoms in total. The number of hydrogen-bond donors (Lipinski definition) is 1. The summed E-state index contributed by atoms with van der Waals surface area (Å²) in [5.74, 6) is 0.675. The van der Waals surface area contributed by atoms with Gasteiger partial charge in [0.15, 0.2) is 10.8 Å². The summed E-state index contributed by atoms with van der Waals surface area (Å²) in [6.07, 6.45) is 3.53. The highest BCUT2D eigenvalue weighted by atomic mass is 32.1. The zero-order valence-corrected chi connectivity index (χ0v) is 10.00. The van der Waals surface area contributed by atoms with Gasteiger partial charge < -0.3 is 9.73 Å². The van der Waals surface area contributed by atoms with Gasteiger partial charge in [-0.3, -0.25) is 4.79 Å². The number of nitrogens with one attached hydrogen (secondary N) is 1. The van der Waals surface area contributed by atoms with Crippen molar-refractivity contribution in [3.8, 4) is 10.8 Å². The van der Waals surface area contributed by atoms with Gasteiger partial charge in [-0.1, -0.05) is 6.08 Å². The third-order valence-electron chi connectivity index (χ3n) is 2.07. The number of nitrogens with zero attached hydrogens (tertiary/aromatic N) is 1. The van der Waals surface area contributed by atoms with Crippen molar-refractivity contribution in [3.63, 3.8) is 0 Å². The number of furan rings is 1. The van der Waals surface area contributed by atoms with Crippen molar-refractivity contribution < 1.29 is 9.21 Å². The number of hydrogen-bond acceptors (Lipinski definition) is 4. The van der Waals surface area contributed by atoms with E-state index in [9.17, 15) is 4.79 Å². The van der Waals surface area contributed by atoms with Crippen LogP contribution in [-0.2, 0) is 11.2 Å². The molecule has 2 heterocycles. The van der Waals surface area contributed by atoms with Gasteiger partial charge in [-0.2, -0.15) is 0 Å². The Hall–Kier alpha value is -1.88. The number of carbonyl (C=O) groups is 1. The highest BCUT2D eigenvalue weighted by Crippen LogP contribution is 2.23. The molecule has 0 saturated heterocycles. The summed E-state index contributed by atoms with van der Waals surface area (Å²) >= 11 is 1.47. The Balaban J connectivity index is 1.99. The number of amides is 1. The van der Waals surface area contributed by atoms with Gasteiger partial charge in [-0.25, -0.2) is 4.98 Å². The molecule has 0 radical (unpaired) electrons. The fraction of sp³-hybridized carbons (Fsp3) is 0.167. The van der Waals surface area contributed by atoms with Gasteiger partial charge >= 0.3 is 0 Å². The van der Waals surface area contributed by atoms with E-state index >= 15 is 0 Å². The zero-order valence-electron chi connectivity index (χ0n) is 9.18. The van der Waals surface area contributed by atoms with Crippen molar-refractivity contribution in [2.45, 2.75) is 6.42 Å². The standard InChI is InChI=1S/C12H12N2O2S/c1-2-5-13-11(15)7-9-8-17-12(14-9)10-4-3-6-16-10/h2-4,6,8H,1,5,7H2,(H,13,15). The van der Waals surface area contributed by atoms with E-state index in [1.807, 2.05) is 17.5 Å². The first kappa shape index (κ1) is 11.6. The van der Waals surface area contributed by atoms with Crippen molar-refractivity contribution in [1.29, 1.82) is 0 Å². The summed E-state index contributed by atoms with van der Waals surface area (Å²) < 4.78 is 5.24. The van der Waals surface area contributed by atoms with E-state index in [0.29, 0.717) is 6.54 Å². The average Bonchev–Trinajstić information content (AvgIpc) is 2.95. The first-order chi connectivity index (χ1) is 8.29. The first-order valence-corrected chi connectivity index (χ1v) is 6.03. The molecule has 0 bridgehead atoms. The van der Waals surface area contributed by atoms with E-state index in [0.717, 1.165) is 16.5 Å². The van der Waals surface area contributed by atoms with Crippen LogP contribution in [0.5, 0.6) is 0 Å². The summed E-state index contributed by atoms with van der Waals surface area (Å²) in [4.78, 5) is 15.8. The molecule has 0 unspecified atom stereocenters. The Morgan fingerprint density at radius 1 is 1.65 bits per heavy atom. The molecule has 88 valence electrons. The molecule has 2 aromatic rings. The lowest BCUT2D eigenvalue weighted by Crippen LogP contribution is -2.25. The highest BCUT2D eigenvalue weighted by molar-refractivity contribution is 7.13. The molecule has 1 N–H and O–H groups in total. The van der Waals surface area contributed by atoms with Crippen LogP contribution in [0.2, 0.25) is 0 Å². The predicted molar refractivity (Wildman–Crippen MR) is 66.7 cm³/mol. The smallest absolute Gasteiger partial charge is 0.226 e. The topological polar surface area (TPSA) is 55.1 Å². The molecule has 0 atom stereocenters. The molecule has 17 heavy (non-hydrogen) atoms. The predicted octanol–water partition coefficient (Wildman–Crippen LogP) is 2.25. The van der Waals surface area contributed by atoms with Crippen molar-refractivity contribution in [2.24, 2.45) is 0 Å². The van der Waals surface area contributed by atoms with Crippen molar-refractivity contribution in [3.05, 3.63) is 42.1 Å². The van der Waals surface area contributed by atoms with E-state index in [1.165, 1.54) is 11.3 Å². The molecule has 0 fully saturated rings. The van der Waals surface area contributed by atoms with Crippen LogP contribution >= 0.6 is 11.3 Å². The van der Waals surface area contributed by atoms with Gasteiger partial charge in [0.05, 0.1) is 18.4 Å². The number of carbonyl (C=O) groups excluding carboxylic acids is 1. The van der Waals surface area contributed by atoms with Crippen LogP contribution in [0.1, 0.15) is 5.69 Å². The highest BCUT2D eigenvalue weighted by Gasteiger charge is 2.09. The second kappa shape index (κ2) is 5.45. The van der Waals surface area contributed by atoms with E-state index in [-0.39, 0.29) is 12.3 Å². The van der Waals surface area contributed by atoms with Crippen LogP contribution in [0.4, 0.5) is 0 Å². The summed E-state index contributed by atoms with van der Waals surface area (Å²) in [5, 5.41) is 5.37. The Labute approximate surface area is 103 Å². The maximum atomic E-state index is 11.4. The average molecular weight is 248 g/mol. The molecule has 5 heteroatoms. The van der Waals surface area contributed by atoms with Crippen LogP contribution < -0.4 is 5.32 Å². The minimum absolute atomic E-state index is 0.0544. The molecule has 0 aliphatic rings. The second-order valence-corrected chi connectivity index (χ2v) is 4.25. The fourth-order valence-electron chi connectivity index (χ4n) is 1.31. The maximum absolute atomic E-state index is 11.4. The SMILES string of the molecule is C=CCNC(=O)Cc1csc(-c2ccco2)n1. The lowest BCUT2D eigenvalue weighted by molar-refractivity contribution is -0.120. The van der Waals surface area contributed by atoms with Gasteiger partial charge in [-0.05, 0) is 12.1 Å². The summed E-state index contributed by atoms with van der Waals surface area (Å²) in [5.41, 5.74) is 0.753. The van der Waals surface area contributed by atoms with Crippen LogP contribution in [0.25, 0.3) is 10.8 Å². The summed E-state index contributed by atoms with van der Waals surface area (Å²) in [6.45, 7) is 4.02. The van der Waals surface area contributed by atoms with Gasteiger partial charge in [0.2, 0.25) is 5.91 Å². The lowest BCUT2D eigenvalue weighted by atomic mass is 10.3. The molecule has 2 aromatic heterocycles. The minimum Gasteiger partial charge on any atom is -0.462 e. The third-order valence-corrected chi connectivity index (χ3v) is 2.97. The molecule has 0 aliphatic heterocycles. The molecule has 0 spiro atoms. The molecule has 1 amide bonds. The van der Waals surface area contributed by atoms with E-state index in [4.69, 9.17) is 4.42 Å². The normalized spacial score (nSPS) is 10.1. The Bertz CT molecular complexity index is 502. The summed E-state index contributed by atoms with van der Waals surface area (Å²) in [7, 11) is 0. The Morgan fingerprint density at radius 2 is 2.53 bits per heavy atom. The van der Waals surface area contributed by atoms with Crippen LogP contribution in [0.15, 0.2) is 40.8 Å². The molecule has 0 aromatic carbocycles. The van der Waals surface area contributed by atoms with Gasteiger partial charge in [0, 0.05) is 11.9 Å². The van der Waals surface area contributed by atoms with Crippen molar-refractivity contribution in [1.82, 2.24) is 10.3 Å². The van der Waals surface area contributed by atoms with Crippen molar-refractivity contribution in [2.75, 3.05) is 6.54 Å². The van der Waals surface area contributed by atoms with E-state index < -0.39 is 0 Å². The number of aromatic nitrogens is 1. The molecule has 0 saturated carbocycles. The van der Waals surface area contributed by atoms with Crippen LogP contribution in [0.3, 0.4) is 0 Å². The van der Waals surface area contributed by atoms with Gasteiger partial charge in [0.1, 0.15) is 0 Å². The van der Waals surface area contributed by atoms with E-state index in [1.54, 1.807) is 12.3 Å². The first-order valence-electron chi connectivity index (χ1n) is 5.15. The summed E-state index contributed by atoms with van der Waals surface area (Å²) in [6, 6.07) is 3.66. The zero-order chi connectivity index (χ0) is 12.1. The minimum atomic E-state index is -0.0544. The monoisotopic (exact) mass is 248 g/mol. The molecular weight excluding hydrogens is 236 g/mol. The largest absolute Gasteiger partial charge is 0.462 e. The number of thiazole rings is 1. The molecule has 0 aliphatic carbocycles. The molecular formula is C12H12N2O2S. The van der Waals surface area contributed by atoms with Crippen molar-refractivity contribution >= 4 is 17.2 Å². The van der Waals surface area contributed by atoms with Crippen LogP contribution in [-0.4, -0.2) is 17.4 Å². The Kier molecular flexibility index (Phi) is 3.72. The lowest BCUT2D eigenvalue weighted by Gasteiger charge is -1.98. The quantitative estimate of drug-likeness (QED) is 0.826.